The summed E-state index contributed by atoms with van der Waals surface area (Å²) in [5.74, 6) is 0.949. The number of furan rings is 1. The lowest BCUT2D eigenvalue weighted by atomic mass is 9.99. The predicted molar refractivity (Wildman–Crippen MR) is 82.5 cm³/mol. The molecule has 2 rings (SSSR count). The Balaban J connectivity index is 2.36. The second-order valence-corrected chi connectivity index (χ2v) is 5.73. The zero-order valence-corrected chi connectivity index (χ0v) is 13.3. The van der Waals surface area contributed by atoms with Crippen LogP contribution in [-0.2, 0) is 0 Å². The molecule has 0 fully saturated rings. The quantitative estimate of drug-likeness (QED) is 0.859. The molecular formula is C16H20BrNO. The van der Waals surface area contributed by atoms with Crippen LogP contribution < -0.4 is 5.32 Å². The summed E-state index contributed by atoms with van der Waals surface area (Å²) in [6, 6.07) is 10.7. The molecule has 1 aromatic heterocycles. The van der Waals surface area contributed by atoms with E-state index in [0.29, 0.717) is 0 Å². The van der Waals surface area contributed by atoms with E-state index in [1.54, 1.807) is 0 Å². The van der Waals surface area contributed by atoms with Crippen LogP contribution in [0.2, 0.25) is 0 Å². The van der Waals surface area contributed by atoms with E-state index in [0.717, 1.165) is 23.4 Å². The van der Waals surface area contributed by atoms with Gasteiger partial charge in [0.15, 0.2) is 4.67 Å². The first-order valence-electron chi connectivity index (χ1n) is 6.67. The first-order chi connectivity index (χ1) is 9.10. The highest BCUT2D eigenvalue weighted by Crippen LogP contribution is 2.27. The van der Waals surface area contributed by atoms with Gasteiger partial charge in [0, 0.05) is 0 Å². The molecule has 0 aliphatic rings. The van der Waals surface area contributed by atoms with Crippen LogP contribution in [0.25, 0.3) is 0 Å². The van der Waals surface area contributed by atoms with Crippen molar-refractivity contribution in [1.82, 2.24) is 5.32 Å². The number of benzene rings is 1. The van der Waals surface area contributed by atoms with E-state index >= 15 is 0 Å². The van der Waals surface area contributed by atoms with Gasteiger partial charge in [0.25, 0.3) is 0 Å². The molecular weight excluding hydrogens is 302 g/mol. The summed E-state index contributed by atoms with van der Waals surface area (Å²) in [5.41, 5.74) is 3.82. The standard InChI is InChI=1S/C16H20BrNO/c1-4-7-18-16(14-5-6-15(17)19-14)13-9-11(2)8-12(3)10-13/h5-6,8-10,16,18H,4,7H2,1-3H3. The molecule has 0 radical (unpaired) electrons. The Morgan fingerprint density at radius 1 is 1.16 bits per heavy atom. The molecule has 2 aromatic rings. The largest absolute Gasteiger partial charge is 0.452 e. The van der Waals surface area contributed by atoms with Crippen molar-refractivity contribution in [3.8, 4) is 0 Å². The molecule has 0 aliphatic heterocycles. The van der Waals surface area contributed by atoms with E-state index in [1.807, 2.05) is 12.1 Å². The molecule has 0 aliphatic carbocycles. The fraction of sp³-hybridized carbons (Fsp3) is 0.375. The van der Waals surface area contributed by atoms with Gasteiger partial charge < -0.3 is 9.73 Å². The number of nitrogens with one attached hydrogen (secondary N) is 1. The third-order valence-corrected chi connectivity index (χ3v) is 3.48. The summed E-state index contributed by atoms with van der Waals surface area (Å²) in [4.78, 5) is 0. The van der Waals surface area contributed by atoms with Crippen LogP contribution in [0.1, 0.15) is 41.8 Å². The van der Waals surface area contributed by atoms with Gasteiger partial charge in [0.1, 0.15) is 5.76 Å². The van der Waals surface area contributed by atoms with Crippen LogP contribution in [0.15, 0.2) is 39.4 Å². The van der Waals surface area contributed by atoms with Crippen LogP contribution in [-0.4, -0.2) is 6.54 Å². The normalized spacial score (nSPS) is 12.6. The maximum Gasteiger partial charge on any atom is 0.169 e. The van der Waals surface area contributed by atoms with Crippen molar-refractivity contribution in [1.29, 1.82) is 0 Å². The van der Waals surface area contributed by atoms with Crippen molar-refractivity contribution in [3.63, 3.8) is 0 Å². The third-order valence-electron chi connectivity index (χ3n) is 3.05. The number of rotatable bonds is 5. The first-order valence-corrected chi connectivity index (χ1v) is 7.46. The van der Waals surface area contributed by atoms with Crippen molar-refractivity contribution in [2.24, 2.45) is 0 Å². The van der Waals surface area contributed by atoms with Gasteiger partial charge in [-0.3, -0.25) is 0 Å². The van der Waals surface area contributed by atoms with Crippen LogP contribution >= 0.6 is 15.9 Å². The van der Waals surface area contributed by atoms with Crippen LogP contribution in [0.4, 0.5) is 0 Å². The molecule has 0 saturated heterocycles. The third kappa shape index (κ3) is 3.71. The van der Waals surface area contributed by atoms with Crippen LogP contribution in [0.5, 0.6) is 0 Å². The average molecular weight is 322 g/mol. The SMILES string of the molecule is CCCNC(c1cc(C)cc(C)c1)c1ccc(Br)o1. The van der Waals surface area contributed by atoms with E-state index in [-0.39, 0.29) is 6.04 Å². The Morgan fingerprint density at radius 2 is 1.84 bits per heavy atom. The molecule has 0 spiro atoms. The van der Waals surface area contributed by atoms with Gasteiger partial charge in [-0.2, -0.15) is 0 Å². The summed E-state index contributed by atoms with van der Waals surface area (Å²) >= 11 is 3.38. The molecule has 1 unspecified atom stereocenters. The Hall–Kier alpha value is -1.06. The molecule has 1 atom stereocenters. The van der Waals surface area contributed by atoms with Crippen molar-refractivity contribution in [2.75, 3.05) is 6.54 Å². The van der Waals surface area contributed by atoms with Gasteiger partial charge in [-0.05, 0) is 60.4 Å². The van der Waals surface area contributed by atoms with Crippen LogP contribution in [0.3, 0.4) is 0 Å². The average Bonchev–Trinajstić information content (AvgIpc) is 2.75. The predicted octanol–water partition coefficient (Wildman–Crippen LogP) is 4.75. The Morgan fingerprint density at radius 3 is 2.37 bits per heavy atom. The van der Waals surface area contributed by atoms with E-state index < -0.39 is 0 Å². The minimum atomic E-state index is 0.116. The number of hydrogen-bond donors (Lipinski definition) is 1. The zero-order valence-electron chi connectivity index (χ0n) is 11.7. The lowest BCUT2D eigenvalue weighted by Gasteiger charge is -2.18. The smallest absolute Gasteiger partial charge is 0.169 e. The molecule has 0 amide bonds. The first kappa shape index (κ1) is 14.4. The number of hydrogen-bond acceptors (Lipinski definition) is 2. The van der Waals surface area contributed by atoms with Crippen molar-refractivity contribution in [2.45, 2.75) is 33.2 Å². The van der Waals surface area contributed by atoms with Crippen LogP contribution in [0, 0.1) is 13.8 Å². The molecule has 19 heavy (non-hydrogen) atoms. The van der Waals surface area contributed by atoms with Crippen molar-refractivity contribution >= 4 is 15.9 Å². The highest BCUT2D eigenvalue weighted by molar-refractivity contribution is 9.10. The molecule has 3 heteroatoms. The number of halogens is 1. The summed E-state index contributed by atoms with van der Waals surface area (Å²) in [6.45, 7) is 7.40. The maximum atomic E-state index is 5.73. The topological polar surface area (TPSA) is 25.2 Å². The van der Waals surface area contributed by atoms with Gasteiger partial charge in [0.2, 0.25) is 0 Å². The van der Waals surface area contributed by atoms with Gasteiger partial charge in [-0.15, -0.1) is 0 Å². The fourth-order valence-corrected chi connectivity index (χ4v) is 2.65. The van der Waals surface area contributed by atoms with Crippen molar-refractivity contribution in [3.05, 3.63) is 57.5 Å². The van der Waals surface area contributed by atoms with Gasteiger partial charge in [-0.1, -0.05) is 36.2 Å². The summed E-state index contributed by atoms with van der Waals surface area (Å²) in [6.07, 6.45) is 1.10. The molecule has 1 heterocycles. The van der Waals surface area contributed by atoms with E-state index in [1.165, 1.54) is 16.7 Å². The Kier molecular flexibility index (Phi) is 4.83. The summed E-state index contributed by atoms with van der Waals surface area (Å²) in [5, 5.41) is 3.56. The van der Waals surface area contributed by atoms with E-state index in [9.17, 15) is 0 Å². The highest BCUT2D eigenvalue weighted by atomic mass is 79.9. The summed E-state index contributed by atoms with van der Waals surface area (Å²) < 4.78 is 6.50. The molecule has 102 valence electrons. The Bertz CT molecular complexity index is 527. The van der Waals surface area contributed by atoms with Gasteiger partial charge in [0.05, 0.1) is 6.04 Å². The molecule has 0 bridgehead atoms. The monoisotopic (exact) mass is 321 g/mol. The van der Waals surface area contributed by atoms with Crippen molar-refractivity contribution < 1.29 is 4.42 Å². The summed E-state index contributed by atoms with van der Waals surface area (Å²) in [7, 11) is 0. The molecule has 0 saturated carbocycles. The minimum absolute atomic E-state index is 0.116. The minimum Gasteiger partial charge on any atom is -0.452 e. The maximum absolute atomic E-state index is 5.73. The van der Waals surface area contributed by atoms with Gasteiger partial charge >= 0.3 is 0 Å². The molecule has 1 N–H and O–H groups in total. The second kappa shape index (κ2) is 6.40. The van der Waals surface area contributed by atoms with E-state index in [2.05, 4.69) is 60.2 Å². The molecule has 2 nitrogen and oxygen atoms in total. The highest BCUT2D eigenvalue weighted by Gasteiger charge is 2.17. The number of aryl methyl sites for hydroxylation is 2. The van der Waals surface area contributed by atoms with Gasteiger partial charge in [-0.25, -0.2) is 0 Å². The Labute approximate surface area is 123 Å². The lowest BCUT2D eigenvalue weighted by molar-refractivity contribution is 0.433. The zero-order chi connectivity index (χ0) is 13.8. The fourth-order valence-electron chi connectivity index (χ4n) is 2.33. The second-order valence-electron chi connectivity index (χ2n) is 4.95. The molecule has 1 aromatic carbocycles. The van der Waals surface area contributed by atoms with E-state index in [4.69, 9.17) is 4.42 Å². The lowest BCUT2D eigenvalue weighted by Crippen LogP contribution is -2.23.